The summed E-state index contributed by atoms with van der Waals surface area (Å²) in [5.74, 6) is -0.306. The molecule has 58 valence electrons. The van der Waals surface area contributed by atoms with Gasteiger partial charge in [0.25, 0.3) is 0 Å². The first-order valence-corrected chi connectivity index (χ1v) is 3.38. The second-order valence-corrected chi connectivity index (χ2v) is 2.45. The van der Waals surface area contributed by atoms with Crippen LogP contribution in [0.15, 0.2) is 18.5 Å². The maximum atomic E-state index is 10.5. The molecule has 0 saturated heterocycles. The number of aromatic nitrogens is 1. The summed E-state index contributed by atoms with van der Waals surface area (Å²) in [7, 11) is 0. The van der Waals surface area contributed by atoms with Gasteiger partial charge in [0.1, 0.15) is 0 Å². The van der Waals surface area contributed by atoms with E-state index in [9.17, 15) is 4.79 Å². The highest BCUT2D eigenvalue weighted by atomic mass is 16.1. The van der Waals surface area contributed by atoms with Crippen LogP contribution < -0.4 is 5.73 Å². The zero-order valence-corrected chi connectivity index (χ0v) is 6.37. The molecule has 11 heavy (non-hydrogen) atoms. The van der Waals surface area contributed by atoms with Crippen molar-refractivity contribution >= 4 is 5.91 Å². The second-order valence-electron chi connectivity index (χ2n) is 2.45. The van der Waals surface area contributed by atoms with Crippen molar-refractivity contribution < 1.29 is 4.79 Å². The van der Waals surface area contributed by atoms with Gasteiger partial charge in [-0.1, -0.05) is 0 Å². The molecular formula is C8H10N2O. The molecule has 0 saturated carbocycles. The van der Waals surface area contributed by atoms with Crippen LogP contribution in [0.5, 0.6) is 0 Å². The number of aryl methyl sites for hydroxylation is 1. The standard InChI is InChI=1S/C8H10N2O/c1-6-5-10-3-2-7(6)4-8(9)11/h2-3,5H,4H2,1H3,(H2,9,11). The Kier molecular flexibility index (Phi) is 2.21. The minimum Gasteiger partial charge on any atom is -0.369 e. The highest BCUT2D eigenvalue weighted by Crippen LogP contribution is 2.04. The van der Waals surface area contributed by atoms with Gasteiger partial charge in [0.15, 0.2) is 0 Å². The molecule has 0 radical (unpaired) electrons. The van der Waals surface area contributed by atoms with E-state index in [1.165, 1.54) is 0 Å². The first kappa shape index (κ1) is 7.72. The Bertz CT molecular complexity index is 271. The molecule has 0 unspecified atom stereocenters. The molecule has 1 aromatic heterocycles. The number of rotatable bonds is 2. The van der Waals surface area contributed by atoms with Gasteiger partial charge < -0.3 is 5.73 Å². The Balaban J connectivity index is 2.86. The lowest BCUT2D eigenvalue weighted by molar-refractivity contribution is -0.117. The average molecular weight is 150 g/mol. The van der Waals surface area contributed by atoms with Crippen LogP contribution in [0.3, 0.4) is 0 Å². The Labute approximate surface area is 65.2 Å². The highest BCUT2D eigenvalue weighted by Gasteiger charge is 2.00. The predicted octanol–water partition coefficient (Wildman–Crippen LogP) is 0.418. The van der Waals surface area contributed by atoms with E-state index in [2.05, 4.69) is 4.98 Å². The van der Waals surface area contributed by atoms with Gasteiger partial charge in [0.2, 0.25) is 5.91 Å². The van der Waals surface area contributed by atoms with Gasteiger partial charge in [-0.25, -0.2) is 0 Å². The maximum Gasteiger partial charge on any atom is 0.221 e. The summed E-state index contributed by atoms with van der Waals surface area (Å²) < 4.78 is 0. The van der Waals surface area contributed by atoms with Crippen molar-refractivity contribution in [3.63, 3.8) is 0 Å². The Morgan fingerprint density at radius 2 is 2.45 bits per heavy atom. The minimum absolute atomic E-state index is 0.300. The van der Waals surface area contributed by atoms with Crippen molar-refractivity contribution in [3.05, 3.63) is 29.6 Å². The molecule has 1 heterocycles. The van der Waals surface area contributed by atoms with E-state index in [-0.39, 0.29) is 5.91 Å². The Hall–Kier alpha value is -1.38. The average Bonchev–Trinajstić information content (AvgIpc) is 1.93. The van der Waals surface area contributed by atoms with Crippen molar-refractivity contribution in [2.75, 3.05) is 0 Å². The zero-order chi connectivity index (χ0) is 8.27. The van der Waals surface area contributed by atoms with Crippen molar-refractivity contribution in [1.29, 1.82) is 0 Å². The summed E-state index contributed by atoms with van der Waals surface area (Å²) in [5.41, 5.74) is 6.99. The van der Waals surface area contributed by atoms with Gasteiger partial charge in [-0.15, -0.1) is 0 Å². The molecular weight excluding hydrogens is 140 g/mol. The fourth-order valence-corrected chi connectivity index (χ4v) is 0.888. The summed E-state index contributed by atoms with van der Waals surface area (Å²) in [6.07, 6.45) is 3.68. The molecule has 2 N–H and O–H groups in total. The number of carbonyl (C=O) groups excluding carboxylic acids is 1. The van der Waals surface area contributed by atoms with E-state index in [1.807, 2.05) is 6.92 Å². The summed E-state index contributed by atoms with van der Waals surface area (Å²) in [4.78, 5) is 14.4. The summed E-state index contributed by atoms with van der Waals surface area (Å²) in [6.45, 7) is 1.91. The fourth-order valence-electron chi connectivity index (χ4n) is 0.888. The molecule has 3 heteroatoms. The van der Waals surface area contributed by atoms with Crippen LogP contribution in [0.25, 0.3) is 0 Å². The fraction of sp³-hybridized carbons (Fsp3) is 0.250. The number of amides is 1. The lowest BCUT2D eigenvalue weighted by Gasteiger charge is -1.99. The first-order valence-electron chi connectivity index (χ1n) is 3.38. The van der Waals surface area contributed by atoms with E-state index >= 15 is 0 Å². The minimum atomic E-state index is -0.306. The summed E-state index contributed by atoms with van der Waals surface area (Å²) >= 11 is 0. The van der Waals surface area contributed by atoms with Crippen LogP contribution in [0, 0.1) is 6.92 Å². The lowest BCUT2D eigenvalue weighted by Crippen LogP contribution is -2.14. The number of primary amides is 1. The van der Waals surface area contributed by atoms with Gasteiger partial charge in [0.05, 0.1) is 6.42 Å². The van der Waals surface area contributed by atoms with Gasteiger partial charge in [0, 0.05) is 12.4 Å². The maximum absolute atomic E-state index is 10.5. The largest absolute Gasteiger partial charge is 0.369 e. The van der Waals surface area contributed by atoms with Crippen molar-refractivity contribution in [2.24, 2.45) is 5.73 Å². The molecule has 1 amide bonds. The molecule has 0 aliphatic rings. The molecule has 0 aliphatic heterocycles. The SMILES string of the molecule is Cc1cnccc1CC(N)=O. The molecule has 0 bridgehead atoms. The highest BCUT2D eigenvalue weighted by molar-refractivity contribution is 5.76. The molecule has 1 aromatic rings. The van der Waals surface area contributed by atoms with Crippen molar-refractivity contribution in [1.82, 2.24) is 4.98 Å². The third kappa shape index (κ3) is 2.04. The Morgan fingerprint density at radius 1 is 1.73 bits per heavy atom. The molecule has 0 spiro atoms. The first-order chi connectivity index (χ1) is 5.20. The van der Waals surface area contributed by atoms with Gasteiger partial charge in [-0.05, 0) is 24.1 Å². The van der Waals surface area contributed by atoms with Crippen molar-refractivity contribution in [3.8, 4) is 0 Å². The quantitative estimate of drug-likeness (QED) is 0.664. The van der Waals surface area contributed by atoms with E-state index in [4.69, 9.17) is 5.73 Å². The normalized spacial score (nSPS) is 9.55. The van der Waals surface area contributed by atoms with E-state index in [0.29, 0.717) is 6.42 Å². The number of hydrogen-bond donors (Lipinski definition) is 1. The third-order valence-corrected chi connectivity index (χ3v) is 1.50. The van der Waals surface area contributed by atoms with E-state index in [1.54, 1.807) is 18.5 Å². The predicted molar refractivity (Wildman–Crippen MR) is 41.9 cm³/mol. The number of nitrogens with two attached hydrogens (primary N) is 1. The van der Waals surface area contributed by atoms with Crippen LogP contribution in [0.1, 0.15) is 11.1 Å². The molecule has 0 atom stereocenters. The number of nitrogens with zero attached hydrogens (tertiary/aromatic N) is 1. The van der Waals surface area contributed by atoms with E-state index in [0.717, 1.165) is 11.1 Å². The van der Waals surface area contributed by atoms with Crippen LogP contribution >= 0.6 is 0 Å². The molecule has 0 fully saturated rings. The van der Waals surface area contributed by atoms with E-state index < -0.39 is 0 Å². The summed E-state index contributed by atoms with van der Waals surface area (Å²) in [5, 5.41) is 0. The third-order valence-electron chi connectivity index (χ3n) is 1.50. The Morgan fingerprint density at radius 3 is 3.00 bits per heavy atom. The van der Waals surface area contributed by atoms with Crippen LogP contribution in [-0.2, 0) is 11.2 Å². The van der Waals surface area contributed by atoms with Crippen LogP contribution in [0.4, 0.5) is 0 Å². The number of carbonyl (C=O) groups is 1. The van der Waals surface area contributed by atoms with Gasteiger partial charge in [-0.3, -0.25) is 9.78 Å². The molecule has 0 aromatic carbocycles. The molecule has 3 nitrogen and oxygen atoms in total. The van der Waals surface area contributed by atoms with Crippen LogP contribution in [0.2, 0.25) is 0 Å². The topological polar surface area (TPSA) is 56.0 Å². The monoisotopic (exact) mass is 150 g/mol. The lowest BCUT2D eigenvalue weighted by atomic mass is 10.1. The number of hydrogen-bond acceptors (Lipinski definition) is 2. The second kappa shape index (κ2) is 3.14. The van der Waals surface area contributed by atoms with Gasteiger partial charge in [-0.2, -0.15) is 0 Å². The smallest absolute Gasteiger partial charge is 0.221 e. The molecule has 1 rings (SSSR count). The summed E-state index contributed by atoms with van der Waals surface area (Å²) in [6, 6.07) is 1.81. The van der Waals surface area contributed by atoms with Crippen LogP contribution in [-0.4, -0.2) is 10.9 Å². The number of pyridine rings is 1. The zero-order valence-electron chi connectivity index (χ0n) is 6.37. The van der Waals surface area contributed by atoms with Gasteiger partial charge >= 0.3 is 0 Å². The van der Waals surface area contributed by atoms with Crippen molar-refractivity contribution in [2.45, 2.75) is 13.3 Å². The molecule has 0 aliphatic carbocycles.